The van der Waals surface area contributed by atoms with Crippen molar-refractivity contribution in [2.45, 2.75) is 20.4 Å². The van der Waals surface area contributed by atoms with Crippen molar-refractivity contribution in [2.75, 3.05) is 5.32 Å². The Labute approximate surface area is 109 Å². The number of hydrogen-bond acceptors (Lipinski definition) is 5. The maximum absolute atomic E-state index is 5.30. The molecule has 92 valence electrons. The van der Waals surface area contributed by atoms with Crippen molar-refractivity contribution in [3.8, 4) is 0 Å². The maximum atomic E-state index is 5.30. The van der Waals surface area contributed by atoms with E-state index in [-0.39, 0.29) is 0 Å². The van der Waals surface area contributed by atoms with Gasteiger partial charge in [0.2, 0.25) is 0 Å². The van der Waals surface area contributed by atoms with E-state index in [2.05, 4.69) is 28.3 Å². The van der Waals surface area contributed by atoms with Crippen molar-refractivity contribution in [1.82, 2.24) is 9.97 Å². The molecule has 3 aromatic heterocycles. The van der Waals surface area contributed by atoms with Gasteiger partial charge in [0.25, 0.3) is 0 Å². The summed E-state index contributed by atoms with van der Waals surface area (Å²) in [7, 11) is 0. The lowest BCUT2D eigenvalue weighted by molar-refractivity contribution is 0.518. The molecular formula is C13H13N3OS. The first kappa shape index (κ1) is 11.2. The van der Waals surface area contributed by atoms with E-state index >= 15 is 0 Å². The van der Waals surface area contributed by atoms with E-state index in [0.29, 0.717) is 6.54 Å². The molecule has 0 aliphatic heterocycles. The largest absolute Gasteiger partial charge is 0.467 e. The average Bonchev–Trinajstić information content (AvgIpc) is 2.93. The second-order valence-electron chi connectivity index (χ2n) is 4.13. The lowest BCUT2D eigenvalue weighted by Gasteiger charge is -2.05. The molecule has 0 atom stereocenters. The second kappa shape index (κ2) is 4.42. The molecular weight excluding hydrogens is 246 g/mol. The summed E-state index contributed by atoms with van der Waals surface area (Å²) < 4.78 is 5.30. The zero-order chi connectivity index (χ0) is 12.5. The van der Waals surface area contributed by atoms with Gasteiger partial charge in [0, 0.05) is 4.88 Å². The van der Waals surface area contributed by atoms with E-state index in [1.165, 1.54) is 4.88 Å². The SMILES string of the molecule is Cc1nc(NCc2ccco2)c2cc(C)sc2n1. The molecule has 0 unspecified atom stereocenters. The summed E-state index contributed by atoms with van der Waals surface area (Å²) in [4.78, 5) is 11.2. The molecule has 0 spiro atoms. The minimum atomic E-state index is 0.632. The summed E-state index contributed by atoms with van der Waals surface area (Å²) in [6, 6.07) is 5.94. The molecule has 4 nitrogen and oxygen atoms in total. The van der Waals surface area contributed by atoms with Gasteiger partial charge in [-0.2, -0.15) is 0 Å². The minimum Gasteiger partial charge on any atom is -0.467 e. The molecule has 5 heteroatoms. The predicted molar refractivity (Wildman–Crippen MR) is 72.9 cm³/mol. The highest BCUT2D eigenvalue weighted by Crippen LogP contribution is 2.28. The highest BCUT2D eigenvalue weighted by molar-refractivity contribution is 7.18. The number of hydrogen-bond donors (Lipinski definition) is 1. The van der Waals surface area contributed by atoms with Crippen LogP contribution in [0.4, 0.5) is 5.82 Å². The highest BCUT2D eigenvalue weighted by Gasteiger charge is 2.08. The summed E-state index contributed by atoms with van der Waals surface area (Å²) in [5.74, 6) is 2.55. The fourth-order valence-corrected chi connectivity index (χ4v) is 2.79. The number of aryl methyl sites for hydroxylation is 2. The molecule has 0 amide bonds. The molecule has 0 aliphatic rings. The van der Waals surface area contributed by atoms with E-state index in [0.717, 1.165) is 27.6 Å². The van der Waals surface area contributed by atoms with Crippen molar-refractivity contribution < 1.29 is 4.42 Å². The van der Waals surface area contributed by atoms with Gasteiger partial charge in [0.15, 0.2) is 0 Å². The molecule has 0 aromatic carbocycles. The molecule has 3 aromatic rings. The van der Waals surface area contributed by atoms with Crippen LogP contribution in [-0.2, 0) is 6.54 Å². The van der Waals surface area contributed by atoms with Crippen molar-refractivity contribution in [3.63, 3.8) is 0 Å². The van der Waals surface area contributed by atoms with Crippen molar-refractivity contribution in [1.29, 1.82) is 0 Å². The van der Waals surface area contributed by atoms with Gasteiger partial charge in [0.1, 0.15) is 22.2 Å². The zero-order valence-corrected chi connectivity index (χ0v) is 11.0. The molecule has 0 fully saturated rings. The van der Waals surface area contributed by atoms with Crippen LogP contribution in [0, 0.1) is 13.8 Å². The van der Waals surface area contributed by atoms with Crippen LogP contribution in [0.1, 0.15) is 16.5 Å². The van der Waals surface area contributed by atoms with Gasteiger partial charge in [-0.3, -0.25) is 0 Å². The van der Waals surface area contributed by atoms with E-state index in [1.54, 1.807) is 17.6 Å². The highest BCUT2D eigenvalue weighted by atomic mass is 32.1. The van der Waals surface area contributed by atoms with Gasteiger partial charge in [-0.15, -0.1) is 11.3 Å². The number of aromatic nitrogens is 2. The Kier molecular flexibility index (Phi) is 2.76. The van der Waals surface area contributed by atoms with Crippen LogP contribution >= 0.6 is 11.3 Å². The molecule has 0 bridgehead atoms. The number of furan rings is 1. The maximum Gasteiger partial charge on any atom is 0.138 e. The predicted octanol–water partition coefficient (Wildman–Crippen LogP) is 3.51. The minimum absolute atomic E-state index is 0.632. The summed E-state index contributed by atoms with van der Waals surface area (Å²) >= 11 is 1.69. The smallest absolute Gasteiger partial charge is 0.138 e. The summed E-state index contributed by atoms with van der Waals surface area (Å²) in [6.45, 7) is 4.62. The van der Waals surface area contributed by atoms with Gasteiger partial charge in [0.05, 0.1) is 18.2 Å². The van der Waals surface area contributed by atoms with E-state index in [1.807, 2.05) is 19.1 Å². The van der Waals surface area contributed by atoms with Gasteiger partial charge in [-0.1, -0.05) is 0 Å². The summed E-state index contributed by atoms with van der Waals surface area (Å²) in [5, 5.41) is 4.38. The summed E-state index contributed by atoms with van der Waals surface area (Å²) in [5.41, 5.74) is 0. The number of thiophene rings is 1. The van der Waals surface area contributed by atoms with Crippen LogP contribution < -0.4 is 5.32 Å². The first-order valence-electron chi connectivity index (χ1n) is 5.73. The van der Waals surface area contributed by atoms with Crippen LogP contribution in [0.25, 0.3) is 10.2 Å². The molecule has 3 heterocycles. The Bertz CT molecular complexity index is 673. The lowest BCUT2D eigenvalue weighted by Crippen LogP contribution is -2.02. The third kappa shape index (κ3) is 2.09. The van der Waals surface area contributed by atoms with Crippen LogP contribution in [-0.4, -0.2) is 9.97 Å². The zero-order valence-electron chi connectivity index (χ0n) is 10.2. The fourth-order valence-electron chi connectivity index (χ4n) is 1.87. The van der Waals surface area contributed by atoms with Gasteiger partial charge in [-0.25, -0.2) is 9.97 Å². The Hall–Kier alpha value is -1.88. The molecule has 0 aliphatic carbocycles. The standard InChI is InChI=1S/C13H13N3OS/c1-8-6-11-12(14-7-10-4-3-5-17-10)15-9(2)16-13(11)18-8/h3-6H,7H2,1-2H3,(H,14,15,16). The third-order valence-electron chi connectivity index (χ3n) is 2.64. The molecule has 0 saturated heterocycles. The first-order valence-corrected chi connectivity index (χ1v) is 6.55. The van der Waals surface area contributed by atoms with E-state index in [4.69, 9.17) is 4.42 Å². The van der Waals surface area contributed by atoms with Crippen LogP contribution in [0.3, 0.4) is 0 Å². The number of fused-ring (bicyclic) bond motifs is 1. The molecule has 1 N–H and O–H groups in total. The van der Waals surface area contributed by atoms with Crippen molar-refractivity contribution >= 4 is 27.4 Å². The Morgan fingerprint density at radius 3 is 3.00 bits per heavy atom. The van der Waals surface area contributed by atoms with Crippen LogP contribution in [0.2, 0.25) is 0 Å². The summed E-state index contributed by atoms with van der Waals surface area (Å²) in [6.07, 6.45) is 1.67. The quantitative estimate of drug-likeness (QED) is 0.782. The van der Waals surface area contributed by atoms with Gasteiger partial charge >= 0.3 is 0 Å². The van der Waals surface area contributed by atoms with Crippen LogP contribution in [0.15, 0.2) is 28.9 Å². The Morgan fingerprint density at radius 1 is 1.33 bits per heavy atom. The number of anilines is 1. The molecule has 18 heavy (non-hydrogen) atoms. The fraction of sp³-hybridized carbons (Fsp3) is 0.231. The normalized spacial score (nSPS) is 11.0. The lowest BCUT2D eigenvalue weighted by atomic mass is 10.3. The van der Waals surface area contributed by atoms with E-state index < -0.39 is 0 Å². The first-order chi connectivity index (χ1) is 8.72. The average molecular weight is 259 g/mol. The van der Waals surface area contributed by atoms with Gasteiger partial charge in [-0.05, 0) is 32.0 Å². The number of nitrogens with zero attached hydrogens (tertiary/aromatic N) is 2. The molecule has 3 rings (SSSR count). The molecule has 0 radical (unpaired) electrons. The number of rotatable bonds is 3. The van der Waals surface area contributed by atoms with Crippen molar-refractivity contribution in [3.05, 3.63) is 40.9 Å². The molecule has 0 saturated carbocycles. The van der Waals surface area contributed by atoms with E-state index in [9.17, 15) is 0 Å². The Morgan fingerprint density at radius 2 is 2.22 bits per heavy atom. The van der Waals surface area contributed by atoms with Crippen molar-refractivity contribution in [2.24, 2.45) is 0 Å². The van der Waals surface area contributed by atoms with Gasteiger partial charge < -0.3 is 9.73 Å². The second-order valence-corrected chi connectivity index (χ2v) is 5.36. The monoisotopic (exact) mass is 259 g/mol. The number of nitrogens with one attached hydrogen (secondary N) is 1. The van der Waals surface area contributed by atoms with Crippen LogP contribution in [0.5, 0.6) is 0 Å². The Balaban J connectivity index is 1.95. The topological polar surface area (TPSA) is 51.0 Å². The third-order valence-corrected chi connectivity index (χ3v) is 3.58.